The molecule has 0 aromatic rings. The standard InChI is InChI=1S/C20H32N2/c1-2-4-6-16-20(18-13-9-10-14-18)22-21-19(15-5-3-1)17-11-7-8-12-17/h3-6,17-20H,1-2,7-16H2/b5-3-,6-4-,22-21?. The minimum absolute atomic E-state index is 0.450. The fourth-order valence-corrected chi connectivity index (χ4v) is 4.42. The van der Waals surface area contributed by atoms with Gasteiger partial charge in [-0.05, 0) is 63.2 Å². The zero-order chi connectivity index (χ0) is 15.0. The second kappa shape index (κ2) is 8.64. The summed E-state index contributed by atoms with van der Waals surface area (Å²) in [7, 11) is 0. The molecule has 2 unspecified atom stereocenters. The average Bonchev–Trinajstić information content (AvgIpc) is 3.21. The molecule has 2 aliphatic carbocycles. The third-order valence-electron chi connectivity index (χ3n) is 5.84. The number of rotatable bonds is 2. The van der Waals surface area contributed by atoms with E-state index in [1.165, 1.54) is 64.2 Å². The molecule has 2 nitrogen and oxygen atoms in total. The smallest absolute Gasteiger partial charge is 0.0770 e. The molecule has 0 aromatic heterocycles. The fraction of sp³-hybridized carbons (Fsp3) is 0.800. The lowest BCUT2D eigenvalue weighted by Crippen LogP contribution is -2.18. The van der Waals surface area contributed by atoms with E-state index in [0.717, 1.165) is 24.7 Å². The van der Waals surface area contributed by atoms with Gasteiger partial charge in [-0.15, -0.1) is 0 Å². The van der Waals surface area contributed by atoms with Crippen LogP contribution in [0.2, 0.25) is 0 Å². The molecule has 0 amide bonds. The molecule has 1 heterocycles. The summed E-state index contributed by atoms with van der Waals surface area (Å²) in [6, 6.07) is 0.900. The summed E-state index contributed by atoms with van der Waals surface area (Å²) >= 11 is 0. The lowest BCUT2D eigenvalue weighted by atomic mass is 9.94. The number of hydrogen-bond donors (Lipinski definition) is 0. The molecule has 2 fully saturated rings. The maximum atomic E-state index is 4.91. The highest BCUT2D eigenvalue weighted by molar-refractivity contribution is 4.95. The molecule has 22 heavy (non-hydrogen) atoms. The molecule has 0 bridgehead atoms. The van der Waals surface area contributed by atoms with Crippen LogP contribution in [0, 0.1) is 11.8 Å². The third kappa shape index (κ3) is 4.54. The number of hydrogen-bond acceptors (Lipinski definition) is 2. The molecular weight excluding hydrogens is 268 g/mol. The van der Waals surface area contributed by atoms with Gasteiger partial charge in [0, 0.05) is 0 Å². The molecule has 2 heteroatoms. The van der Waals surface area contributed by atoms with Gasteiger partial charge in [0.05, 0.1) is 12.1 Å². The van der Waals surface area contributed by atoms with Crippen LogP contribution in [0.5, 0.6) is 0 Å². The molecule has 3 rings (SSSR count). The van der Waals surface area contributed by atoms with E-state index in [0.29, 0.717) is 12.1 Å². The Morgan fingerprint density at radius 2 is 0.955 bits per heavy atom. The minimum atomic E-state index is 0.450. The molecule has 0 aromatic carbocycles. The van der Waals surface area contributed by atoms with Gasteiger partial charge in [0.2, 0.25) is 0 Å². The third-order valence-corrected chi connectivity index (χ3v) is 5.84. The van der Waals surface area contributed by atoms with Crippen LogP contribution in [0.25, 0.3) is 0 Å². The highest BCUT2D eigenvalue weighted by Gasteiger charge is 2.27. The summed E-state index contributed by atoms with van der Waals surface area (Å²) < 4.78 is 0. The van der Waals surface area contributed by atoms with Crippen LogP contribution in [0.4, 0.5) is 0 Å². The molecule has 0 spiro atoms. The normalized spacial score (nSPS) is 35.1. The Kier molecular flexibility index (Phi) is 6.27. The Labute approximate surface area is 136 Å². The Morgan fingerprint density at radius 3 is 1.36 bits per heavy atom. The van der Waals surface area contributed by atoms with Crippen LogP contribution in [-0.4, -0.2) is 12.1 Å². The van der Waals surface area contributed by atoms with E-state index in [9.17, 15) is 0 Å². The number of allylic oxidation sites excluding steroid dienone is 2. The van der Waals surface area contributed by atoms with E-state index in [2.05, 4.69) is 24.3 Å². The highest BCUT2D eigenvalue weighted by Crippen LogP contribution is 2.34. The zero-order valence-corrected chi connectivity index (χ0v) is 14.0. The first-order chi connectivity index (χ1) is 10.9. The predicted molar refractivity (Wildman–Crippen MR) is 93.1 cm³/mol. The minimum Gasteiger partial charge on any atom is -0.190 e. The second-order valence-corrected chi connectivity index (χ2v) is 7.45. The van der Waals surface area contributed by atoms with Crippen molar-refractivity contribution in [2.24, 2.45) is 22.1 Å². The first-order valence-electron chi connectivity index (χ1n) is 9.63. The van der Waals surface area contributed by atoms with Crippen LogP contribution in [-0.2, 0) is 0 Å². The van der Waals surface area contributed by atoms with E-state index >= 15 is 0 Å². The quantitative estimate of drug-likeness (QED) is 0.539. The van der Waals surface area contributed by atoms with Crippen LogP contribution in [0.15, 0.2) is 34.5 Å². The van der Waals surface area contributed by atoms with Gasteiger partial charge in [-0.3, -0.25) is 0 Å². The van der Waals surface area contributed by atoms with Crippen molar-refractivity contribution in [1.29, 1.82) is 0 Å². The zero-order valence-electron chi connectivity index (χ0n) is 14.0. The summed E-state index contributed by atoms with van der Waals surface area (Å²) in [5.74, 6) is 1.58. The van der Waals surface area contributed by atoms with Gasteiger partial charge < -0.3 is 0 Å². The Morgan fingerprint density at radius 1 is 0.545 bits per heavy atom. The van der Waals surface area contributed by atoms with Gasteiger partial charge in [0.15, 0.2) is 0 Å². The van der Waals surface area contributed by atoms with E-state index in [-0.39, 0.29) is 0 Å². The monoisotopic (exact) mass is 300 g/mol. The lowest BCUT2D eigenvalue weighted by molar-refractivity contribution is 0.377. The van der Waals surface area contributed by atoms with Crippen molar-refractivity contribution >= 4 is 0 Å². The fourth-order valence-electron chi connectivity index (χ4n) is 4.42. The topological polar surface area (TPSA) is 24.7 Å². The average molecular weight is 300 g/mol. The van der Waals surface area contributed by atoms with Crippen LogP contribution >= 0.6 is 0 Å². The molecular formula is C20H32N2. The van der Waals surface area contributed by atoms with E-state index in [1.54, 1.807) is 0 Å². The predicted octanol–water partition coefficient (Wildman–Crippen LogP) is 6.24. The van der Waals surface area contributed by atoms with Crippen molar-refractivity contribution in [1.82, 2.24) is 0 Å². The van der Waals surface area contributed by atoms with E-state index < -0.39 is 0 Å². The lowest BCUT2D eigenvalue weighted by Gasteiger charge is -2.21. The van der Waals surface area contributed by atoms with E-state index in [4.69, 9.17) is 10.2 Å². The van der Waals surface area contributed by atoms with Gasteiger partial charge in [0.25, 0.3) is 0 Å². The van der Waals surface area contributed by atoms with E-state index in [1.807, 2.05) is 0 Å². The van der Waals surface area contributed by atoms with Gasteiger partial charge in [-0.1, -0.05) is 50.0 Å². The van der Waals surface area contributed by atoms with Gasteiger partial charge in [-0.25, -0.2) is 0 Å². The SMILES string of the molecule is C1=C\CC(C2CCCC2)N=NC(C2CCCC2)C/C=C\CC/1. The van der Waals surface area contributed by atoms with Crippen molar-refractivity contribution in [3.63, 3.8) is 0 Å². The number of azo groups is 1. The van der Waals surface area contributed by atoms with Crippen LogP contribution in [0.1, 0.15) is 77.0 Å². The Bertz CT molecular complexity index is 360. The maximum Gasteiger partial charge on any atom is 0.0770 e. The van der Waals surface area contributed by atoms with Gasteiger partial charge in [0.1, 0.15) is 0 Å². The summed E-state index contributed by atoms with van der Waals surface area (Å²) in [5.41, 5.74) is 0. The van der Waals surface area contributed by atoms with Crippen molar-refractivity contribution in [2.75, 3.05) is 0 Å². The largest absolute Gasteiger partial charge is 0.190 e. The molecule has 122 valence electrons. The first kappa shape index (κ1) is 16.0. The summed E-state index contributed by atoms with van der Waals surface area (Å²) in [6.07, 6.45) is 25.0. The molecule has 0 N–H and O–H groups in total. The van der Waals surface area contributed by atoms with Gasteiger partial charge >= 0.3 is 0 Å². The summed E-state index contributed by atoms with van der Waals surface area (Å²) in [4.78, 5) is 0. The molecule has 3 aliphatic rings. The summed E-state index contributed by atoms with van der Waals surface area (Å²) in [6.45, 7) is 0. The molecule has 2 atom stereocenters. The van der Waals surface area contributed by atoms with Crippen molar-refractivity contribution in [2.45, 2.75) is 89.1 Å². The first-order valence-corrected chi connectivity index (χ1v) is 9.63. The Balaban J connectivity index is 1.71. The second-order valence-electron chi connectivity index (χ2n) is 7.45. The maximum absolute atomic E-state index is 4.91. The molecule has 0 radical (unpaired) electrons. The van der Waals surface area contributed by atoms with Gasteiger partial charge in [-0.2, -0.15) is 10.2 Å². The molecule has 0 saturated heterocycles. The molecule has 1 aliphatic heterocycles. The van der Waals surface area contributed by atoms with Crippen LogP contribution in [0.3, 0.4) is 0 Å². The van der Waals surface area contributed by atoms with Crippen molar-refractivity contribution < 1.29 is 0 Å². The van der Waals surface area contributed by atoms with Crippen LogP contribution < -0.4 is 0 Å². The van der Waals surface area contributed by atoms with Crippen molar-refractivity contribution in [3.05, 3.63) is 24.3 Å². The Hall–Kier alpha value is -0.920. The summed E-state index contributed by atoms with van der Waals surface area (Å²) in [5, 5.41) is 9.81. The molecule has 2 saturated carbocycles. The highest BCUT2D eigenvalue weighted by atomic mass is 15.1. The number of nitrogens with zero attached hydrogens (tertiary/aromatic N) is 2. The van der Waals surface area contributed by atoms with Crippen molar-refractivity contribution in [3.8, 4) is 0 Å².